The summed E-state index contributed by atoms with van der Waals surface area (Å²) >= 11 is 0. The van der Waals surface area contributed by atoms with Crippen molar-refractivity contribution < 1.29 is 4.79 Å². The van der Waals surface area contributed by atoms with Crippen LogP contribution in [0.1, 0.15) is 22.6 Å². The van der Waals surface area contributed by atoms with Gasteiger partial charge in [0.25, 0.3) is 11.5 Å². The number of nitrogens with zero attached hydrogens (tertiary/aromatic N) is 2. The maximum Gasteiger partial charge on any atom is 0.287 e. The van der Waals surface area contributed by atoms with Gasteiger partial charge >= 0.3 is 0 Å². The zero-order valence-electron chi connectivity index (χ0n) is 13.3. The van der Waals surface area contributed by atoms with Gasteiger partial charge in [-0.1, -0.05) is 17.9 Å². The Bertz CT molecular complexity index is 1030. The van der Waals surface area contributed by atoms with Gasteiger partial charge in [0.05, 0.1) is 22.5 Å². The van der Waals surface area contributed by atoms with Crippen molar-refractivity contribution in [2.75, 3.05) is 13.1 Å². The Labute approximate surface area is 143 Å². The fourth-order valence-electron chi connectivity index (χ4n) is 2.55. The monoisotopic (exact) mass is 333 g/mol. The number of H-pyrrole nitrogens is 1. The van der Waals surface area contributed by atoms with Gasteiger partial charge in [0.2, 0.25) is 0 Å². The molecule has 1 aromatic heterocycles. The van der Waals surface area contributed by atoms with Gasteiger partial charge in [0, 0.05) is 31.0 Å². The molecule has 124 valence electrons. The number of hydrogen-bond acceptors (Lipinski definition) is 5. The van der Waals surface area contributed by atoms with Gasteiger partial charge in [-0.15, -0.1) is 0 Å². The van der Waals surface area contributed by atoms with Crippen LogP contribution in [-0.2, 0) is 0 Å². The molecule has 7 heteroatoms. The Morgan fingerprint density at radius 2 is 2.36 bits per heavy atom. The van der Waals surface area contributed by atoms with Gasteiger partial charge in [0.15, 0.2) is 5.82 Å². The Kier molecular flexibility index (Phi) is 4.60. The van der Waals surface area contributed by atoms with Crippen molar-refractivity contribution in [1.29, 1.82) is 5.26 Å². The van der Waals surface area contributed by atoms with Gasteiger partial charge in [-0.2, -0.15) is 5.26 Å². The molecular weight excluding hydrogens is 318 g/mol. The number of fused-ring (bicyclic) bond motifs is 1. The molecule has 25 heavy (non-hydrogen) atoms. The lowest BCUT2D eigenvalue weighted by atomic mass is 9.98. The Balaban J connectivity index is 1.77. The predicted molar refractivity (Wildman–Crippen MR) is 92.4 cm³/mol. The number of aromatic amines is 1. The standard InChI is InChI=1S/C18H15N5O2/c19-8-11-2-1-3-13(6-11)10-21-18(25)16-22-15-5-4-12(9-20)7-14(15)17(24)23-16/h4-7,13H,3,8,10,19H2,(H,21,25)(H,22,23,24). The van der Waals surface area contributed by atoms with Gasteiger partial charge in [-0.25, -0.2) is 4.98 Å². The number of carbonyl (C=O) groups is 1. The molecule has 1 aliphatic carbocycles. The third-order valence-electron chi connectivity index (χ3n) is 3.84. The van der Waals surface area contributed by atoms with Crippen molar-refractivity contribution in [3.63, 3.8) is 0 Å². The second kappa shape index (κ2) is 7.00. The minimum Gasteiger partial charge on any atom is -0.349 e. The molecule has 0 bridgehead atoms. The van der Waals surface area contributed by atoms with Crippen LogP contribution in [0.2, 0.25) is 0 Å². The van der Waals surface area contributed by atoms with Crippen LogP contribution >= 0.6 is 0 Å². The van der Waals surface area contributed by atoms with Crippen LogP contribution in [0.25, 0.3) is 10.9 Å². The quantitative estimate of drug-likeness (QED) is 0.700. The van der Waals surface area contributed by atoms with E-state index in [4.69, 9.17) is 11.0 Å². The van der Waals surface area contributed by atoms with Crippen LogP contribution in [0.15, 0.2) is 34.6 Å². The molecule has 0 radical (unpaired) electrons. The highest BCUT2D eigenvalue weighted by Crippen LogP contribution is 2.12. The van der Waals surface area contributed by atoms with Crippen molar-refractivity contribution in [2.24, 2.45) is 11.7 Å². The Hall–Kier alpha value is -3.42. The lowest BCUT2D eigenvalue weighted by Crippen LogP contribution is -2.32. The van der Waals surface area contributed by atoms with E-state index < -0.39 is 11.5 Å². The van der Waals surface area contributed by atoms with Crippen LogP contribution in [0.5, 0.6) is 0 Å². The Morgan fingerprint density at radius 1 is 1.52 bits per heavy atom. The highest BCUT2D eigenvalue weighted by molar-refractivity contribution is 5.92. The lowest BCUT2D eigenvalue weighted by Gasteiger charge is -2.14. The first-order valence-electron chi connectivity index (χ1n) is 7.72. The summed E-state index contributed by atoms with van der Waals surface area (Å²) in [6.45, 7) is 0.758. The third kappa shape index (κ3) is 3.57. The molecule has 1 amide bonds. The number of nitrogens with one attached hydrogen (secondary N) is 2. The summed E-state index contributed by atoms with van der Waals surface area (Å²) in [5.74, 6) is 5.49. The first-order valence-corrected chi connectivity index (χ1v) is 7.72. The van der Waals surface area contributed by atoms with Gasteiger partial charge in [-0.3, -0.25) is 9.59 Å². The van der Waals surface area contributed by atoms with Crippen molar-refractivity contribution >= 4 is 16.8 Å². The van der Waals surface area contributed by atoms with Gasteiger partial charge in [0.1, 0.15) is 0 Å². The third-order valence-corrected chi connectivity index (χ3v) is 3.84. The fourth-order valence-corrected chi connectivity index (χ4v) is 2.55. The number of amides is 1. The largest absolute Gasteiger partial charge is 0.349 e. The molecule has 1 unspecified atom stereocenters. The topological polar surface area (TPSA) is 125 Å². The molecule has 1 atom stereocenters. The number of benzene rings is 1. The first-order chi connectivity index (χ1) is 12.1. The second-order valence-electron chi connectivity index (χ2n) is 5.63. The molecule has 0 fully saturated rings. The van der Waals surface area contributed by atoms with Crippen molar-refractivity contribution in [1.82, 2.24) is 15.3 Å². The SMILES string of the molecule is N#Cc1ccc2nc(C(=O)NCC3C=C(CN)C#CC3)[nH]c(=O)c2c1. The van der Waals surface area contributed by atoms with Crippen LogP contribution in [0, 0.1) is 29.1 Å². The van der Waals surface area contributed by atoms with E-state index in [1.54, 1.807) is 12.1 Å². The van der Waals surface area contributed by atoms with Crippen molar-refractivity contribution in [2.45, 2.75) is 6.42 Å². The van der Waals surface area contributed by atoms with E-state index in [1.165, 1.54) is 6.07 Å². The fraction of sp³-hybridized carbons (Fsp3) is 0.222. The van der Waals surface area contributed by atoms with E-state index in [1.807, 2.05) is 12.1 Å². The first kappa shape index (κ1) is 16.4. The second-order valence-corrected chi connectivity index (χ2v) is 5.63. The normalized spacial score (nSPS) is 15.7. The average molecular weight is 333 g/mol. The van der Waals surface area contributed by atoms with Crippen molar-refractivity contribution in [3.05, 3.63) is 51.6 Å². The highest BCUT2D eigenvalue weighted by atomic mass is 16.2. The summed E-state index contributed by atoms with van der Waals surface area (Å²) in [7, 11) is 0. The molecular formula is C18H15N5O2. The molecule has 0 saturated heterocycles. The molecule has 7 nitrogen and oxygen atoms in total. The molecule has 1 aromatic carbocycles. The van der Waals surface area contributed by atoms with Crippen LogP contribution in [-0.4, -0.2) is 29.0 Å². The number of nitrogens with two attached hydrogens (primary N) is 1. The molecule has 0 spiro atoms. The minimum atomic E-state index is -0.468. The van der Waals surface area contributed by atoms with E-state index in [-0.39, 0.29) is 17.1 Å². The summed E-state index contributed by atoms with van der Waals surface area (Å²) in [5, 5.41) is 11.9. The molecule has 3 rings (SSSR count). The number of nitriles is 1. The maximum atomic E-state index is 12.3. The number of aromatic nitrogens is 2. The summed E-state index contributed by atoms with van der Waals surface area (Å²) in [4.78, 5) is 31.0. The molecule has 2 aromatic rings. The van der Waals surface area contributed by atoms with E-state index in [9.17, 15) is 9.59 Å². The summed E-state index contributed by atoms with van der Waals surface area (Å²) in [6.07, 6.45) is 2.60. The summed E-state index contributed by atoms with van der Waals surface area (Å²) in [6, 6.07) is 6.51. The van der Waals surface area contributed by atoms with Crippen LogP contribution in [0.3, 0.4) is 0 Å². The molecule has 1 heterocycles. The van der Waals surface area contributed by atoms with E-state index >= 15 is 0 Å². The maximum absolute atomic E-state index is 12.3. The molecule has 0 saturated carbocycles. The number of rotatable bonds is 4. The lowest BCUT2D eigenvalue weighted by molar-refractivity contribution is 0.0939. The zero-order valence-corrected chi connectivity index (χ0v) is 13.3. The average Bonchev–Trinajstić information content (AvgIpc) is 2.65. The van der Waals surface area contributed by atoms with E-state index in [2.05, 4.69) is 27.1 Å². The predicted octanol–water partition coefficient (Wildman–Crippen LogP) is 0.433. The van der Waals surface area contributed by atoms with Crippen molar-refractivity contribution in [3.8, 4) is 17.9 Å². The molecule has 0 aliphatic heterocycles. The molecule has 4 N–H and O–H groups in total. The summed E-state index contributed by atoms with van der Waals surface area (Å²) in [5.41, 5.74) is 6.70. The zero-order chi connectivity index (χ0) is 17.8. The molecule has 1 aliphatic rings. The van der Waals surface area contributed by atoms with Crippen LogP contribution < -0.4 is 16.6 Å². The number of hydrogen-bond donors (Lipinski definition) is 3. The highest BCUT2D eigenvalue weighted by Gasteiger charge is 2.15. The smallest absolute Gasteiger partial charge is 0.287 e. The van der Waals surface area contributed by atoms with Gasteiger partial charge in [-0.05, 0) is 18.2 Å². The number of carbonyl (C=O) groups excluding carboxylic acids is 1. The van der Waals surface area contributed by atoms with Gasteiger partial charge < -0.3 is 16.0 Å². The summed E-state index contributed by atoms with van der Waals surface area (Å²) < 4.78 is 0. The van der Waals surface area contributed by atoms with E-state index in [0.717, 1.165) is 5.57 Å². The van der Waals surface area contributed by atoms with Crippen LogP contribution in [0.4, 0.5) is 0 Å². The van der Waals surface area contributed by atoms with E-state index in [0.29, 0.717) is 30.6 Å². The Morgan fingerprint density at radius 3 is 3.12 bits per heavy atom. The minimum absolute atomic E-state index is 0.0628.